The molecule has 0 aliphatic carbocycles. The number of aromatic nitrogens is 1. The van der Waals surface area contributed by atoms with Crippen LogP contribution in [0.4, 0.5) is 17.6 Å². The molecule has 2 heterocycles. The van der Waals surface area contributed by atoms with Gasteiger partial charge in [0.1, 0.15) is 0 Å². The molecule has 1 fully saturated rings. The monoisotopic (exact) mass is 342 g/mol. The van der Waals surface area contributed by atoms with Crippen LogP contribution in [0.5, 0.6) is 0 Å². The average Bonchev–Trinajstić information content (AvgIpc) is 3.03. The molecule has 1 amide bonds. The number of aromatic amines is 1. The number of carbonyl (C=O) groups excluding carboxylic acids is 1. The number of hydrogen-bond donors (Lipinski definition) is 1. The number of benzene rings is 1. The van der Waals surface area contributed by atoms with Crippen molar-refractivity contribution in [2.45, 2.75) is 18.3 Å². The number of carbonyl (C=O) groups is 1. The van der Waals surface area contributed by atoms with Crippen LogP contribution in [-0.2, 0) is 10.2 Å². The molecule has 3 rings (SSSR count). The maximum absolute atomic E-state index is 14.4. The topological polar surface area (TPSA) is 50.2 Å². The molecule has 8 heteroatoms. The summed E-state index contributed by atoms with van der Waals surface area (Å²) in [6.07, 6.45) is 1.84. The van der Waals surface area contributed by atoms with Gasteiger partial charge in [-0.15, -0.1) is 0 Å². The highest BCUT2D eigenvalue weighted by molar-refractivity contribution is 5.95. The molecule has 1 aromatic heterocycles. The highest BCUT2D eigenvalue weighted by atomic mass is 19.2. The number of fused-ring (bicyclic) bond motifs is 1. The second-order valence-electron chi connectivity index (χ2n) is 6.16. The Hall–Kier alpha value is -2.09. The van der Waals surface area contributed by atoms with Crippen LogP contribution in [-0.4, -0.2) is 43.0 Å². The molecule has 0 atom stereocenters. The summed E-state index contributed by atoms with van der Waals surface area (Å²) in [5.74, 6) is -7.05. The van der Waals surface area contributed by atoms with E-state index in [1.807, 2.05) is 0 Å². The Morgan fingerprint density at radius 1 is 1.08 bits per heavy atom. The molecule has 1 saturated heterocycles. The van der Waals surface area contributed by atoms with E-state index in [9.17, 15) is 22.4 Å². The summed E-state index contributed by atoms with van der Waals surface area (Å²) < 4.78 is 55.5. The second-order valence-corrected chi connectivity index (χ2v) is 6.16. The van der Waals surface area contributed by atoms with Crippen molar-refractivity contribution in [3.8, 4) is 0 Å². The molecule has 24 heavy (non-hydrogen) atoms. The lowest BCUT2D eigenvalue weighted by atomic mass is 9.72. The number of likely N-dealkylation sites (N-methyl/N-ethyl adjacent to an activating group) is 1. The first-order valence-electron chi connectivity index (χ1n) is 7.49. The lowest BCUT2D eigenvalue weighted by molar-refractivity contribution is -0.136. The first kappa shape index (κ1) is 16.8. The van der Waals surface area contributed by atoms with E-state index in [-0.39, 0.29) is 24.3 Å². The van der Waals surface area contributed by atoms with Crippen molar-refractivity contribution < 1.29 is 22.4 Å². The summed E-state index contributed by atoms with van der Waals surface area (Å²) in [4.78, 5) is 16.6. The molecular formula is C16H16F4N3O. The maximum Gasteiger partial charge on any atom is 0.232 e. The van der Waals surface area contributed by atoms with Crippen LogP contribution in [0.25, 0.3) is 10.9 Å². The maximum atomic E-state index is 14.4. The number of hydrogen-bond acceptors (Lipinski definition) is 1. The third-order valence-corrected chi connectivity index (χ3v) is 4.62. The van der Waals surface area contributed by atoms with E-state index in [0.717, 1.165) is 0 Å². The van der Waals surface area contributed by atoms with Crippen molar-refractivity contribution in [2.24, 2.45) is 0 Å². The number of halogens is 4. The van der Waals surface area contributed by atoms with Gasteiger partial charge in [0, 0.05) is 38.8 Å². The zero-order valence-electron chi connectivity index (χ0n) is 13.2. The number of nitrogens with one attached hydrogen (secondary N) is 1. The van der Waals surface area contributed by atoms with Crippen LogP contribution >= 0.6 is 0 Å². The summed E-state index contributed by atoms with van der Waals surface area (Å²) in [5, 5.41) is 3.78. The molecule has 4 nitrogen and oxygen atoms in total. The Kier molecular flexibility index (Phi) is 4.03. The van der Waals surface area contributed by atoms with E-state index in [4.69, 9.17) is 0 Å². The normalized spacial score (nSPS) is 17.2. The first-order chi connectivity index (χ1) is 11.3. The van der Waals surface area contributed by atoms with Crippen LogP contribution in [0.3, 0.4) is 0 Å². The zero-order chi connectivity index (χ0) is 17.6. The van der Waals surface area contributed by atoms with Gasteiger partial charge in [0.2, 0.25) is 5.91 Å². The SMILES string of the molecule is CN(C)C(=O)C1(c2c[nH]c3c(F)c(F)c(F)c(F)c23)CC[N]CC1. The minimum atomic E-state index is -1.88. The summed E-state index contributed by atoms with van der Waals surface area (Å²) in [7, 11) is 3.11. The zero-order valence-corrected chi connectivity index (χ0v) is 13.2. The summed E-state index contributed by atoms with van der Waals surface area (Å²) in [6, 6.07) is 0. The Balaban J connectivity index is 2.32. The quantitative estimate of drug-likeness (QED) is 0.509. The summed E-state index contributed by atoms with van der Waals surface area (Å²) >= 11 is 0. The number of amides is 1. The predicted molar refractivity (Wildman–Crippen MR) is 79.6 cm³/mol. The molecule has 1 aliphatic rings. The van der Waals surface area contributed by atoms with E-state index < -0.39 is 39.6 Å². The largest absolute Gasteiger partial charge is 0.358 e. The minimum absolute atomic E-state index is 0.140. The van der Waals surface area contributed by atoms with Crippen molar-refractivity contribution in [2.75, 3.05) is 27.2 Å². The van der Waals surface area contributed by atoms with Gasteiger partial charge >= 0.3 is 0 Å². The fraction of sp³-hybridized carbons (Fsp3) is 0.438. The second kappa shape index (κ2) is 5.77. The number of nitrogens with zero attached hydrogens (tertiary/aromatic N) is 2. The van der Waals surface area contributed by atoms with Gasteiger partial charge in [0.05, 0.1) is 10.9 Å². The Morgan fingerprint density at radius 2 is 1.67 bits per heavy atom. The lowest BCUT2D eigenvalue weighted by Crippen LogP contribution is -2.48. The van der Waals surface area contributed by atoms with E-state index in [1.165, 1.54) is 11.1 Å². The van der Waals surface area contributed by atoms with Crippen LogP contribution in [0.2, 0.25) is 0 Å². The van der Waals surface area contributed by atoms with Crippen LogP contribution in [0, 0.1) is 23.3 Å². The van der Waals surface area contributed by atoms with Crippen LogP contribution < -0.4 is 5.32 Å². The minimum Gasteiger partial charge on any atom is -0.358 e. The molecule has 0 saturated carbocycles. The molecule has 1 N–H and O–H groups in total. The van der Waals surface area contributed by atoms with E-state index in [2.05, 4.69) is 10.3 Å². The van der Waals surface area contributed by atoms with Gasteiger partial charge in [-0.1, -0.05) is 0 Å². The third kappa shape index (κ3) is 2.20. The average molecular weight is 342 g/mol. The molecule has 1 radical (unpaired) electrons. The standard InChI is InChI=1S/C16H16F4N3O/c1-23(2)15(24)16(3-5-21-6-4-16)8-7-22-14-9(8)10(17)11(18)12(19)13(14)20/h7,22H,3-6H2,1-2H3. The van der Waals surface area contributed by atoms with E-state index in [1.54, 1.807) is 14.1 Å². The highest BCUT2D eigenvalue weighted by Gasteiger charge is 2.45. The van der Waals surface area contributed by atoms with Gasteiger partial charge in [-0.3, -0.25) is 4.79 Å². The smallest absolute Gasteiger partial charge is 0.232 e. The van der Waals surface area contributed by atoms with Crippen molar-refractivity contribution in [1.82, 2.24) is 15.2 Å². The van der Waals surface area contributed by atoms with Crippen molar-refractivity contribution in [3.63, 3.8) is 0 Å². The Morgan fingerprint density at radius 3 is 2.25 bits per heavy atom. The Labute approximate surface area is 135 Å². The van der Waals surface area contributed by atoms with Crippen LogP contribution in [0.15, 0.2) is 6.20 Å². The molecule has 1 aliphatic heterocycles. The van der Waals surface area contributed by atoms with Crippen molar-refractivity contribution >= 4 is 16.8 Å². The first-order valence-corrected chi connectivity index (χ1v) is 7.49. The van der Waals surface area contributed by atoms with Crippen LogP contribution in [0.1, 0.15) is 18.4 Å². The predicted octanol–water partition coefficient (Wildman–Crippen LogP) is 2.45. The molecule has 2 aromatic rings. The fourth-order valence-electron chi connectivity index (χ4n) is 3.42. The lowest BCUT2D eigenvalue weighted by Gasteiger charge is -2.37. The molecule has 129 valence electrons. The van der Waals surface area contributed by atoms with Gasteiger partial charge in [-0.05, 0) is 18.4 Å². The van der Waals surface area contributed by atoms with Gasteiger partial charge in [0.15, 0.2) is 23.3 Å². The molecular weight excluding hydrogens is 326 g/mol. The van der Waals surface area contributed by atoms with Gasteiger partial charge in [0.25, 0.3) is 0 Å². The van der Waals surface area contributed by atoms with E-state index in [0.29, 0.717) is 13.1 Å². The van der Waals surface area contributed by atoms with Gasteiger partial charge < -0.3 is 9.88 Å². The molecule has 0 bridgehead atoms. The number of piperidine rings is 1. The molecule has 0 spiro atoms. The number of rotatable bonds is 2. The Bertz CT molecular complexity index is 809. The van der Waals surface area contributed by atoms with Gasteiger partial charge in [-0.25, -0.2) is 22.9 Å². The number of H-pyrrole nitrogens is 1. The van der Waals surface area contributed by atoms with Crippen molar-refractivity contribution in [3.05, 3.63) is 35.0 Å². The fourth-order valence-corrected chi connectivity index (χ4v) is 3.42. The molecule has 0 unspecified atom stereocenters. The third-order valence-electron chi connectivity index (χ3n) is 4.62. The van der Waals surface area contributed by atoms with E-state index >= 15 is 0 Å². The van der Waals surface area contributed by atoms with Gasteiger partial charge in [-0.2, -0.15) is 0 Å². The summed E-state index contributed by atoms with van der Waals surface area (Å²) in [5.41, 5.74) is -1.49. The van der Waals surface area contributed by atoms with Crippen molar-refractivity contribution in [1.29, 1.82) is 0 Å². The highest BCUT2D eigenvalue weighted by Crippen LogP contribution is 2.41. The summed E-state index contributed by atoms with van der Waals surface area (Å²) in [6.45, 7) is 0.750. The molecule has 1 aromatic carbocycles.